The fourth-order valence-corrected chi connectivity index (χ4v) is 2.14. The first-order valence-electron chi connectivity index (χ1n) is 6.03. The summed E-state index contributed by atoms with van der Waals surface area (Å²) in [6, 6.07) is 8.63. The summed E-state index contributed by atoms with van der Waals surface area (Å²) in [5.74, 6) is 1.06. The minimum Gasteiger partial charge on any atom is -0.324 e. The molecule has 2 heteroatoms. The van der Waals surface area contributed by atoms with Crippen molar-refractivity contribution in [2.24, 2.45) is 17.6 Å². The Balaban J connectivity index is 2.85. The third kappa shape index (κ3) is 3.32. The summed E-state index contributed by atoms with van der Waals surface area (Å²) in [6.45, 7) is 7.54. The molecule has 0 fully saturated rings. The number of rotatable bonds is 5. The molecule has 90 valence electrons. The minimum absolute atomic E-state index is 0.118. The molecule has 0 radical (unpaired) electrons. The van der Waals surface area contributed by atoms with Crippen molar-refractivity contribution in [3.05, 3.63) is 35.4 Å². The second-order valence-corrected chi connectivity index (χ2v) is 4.91. The average molecular weight is 220 g/mol. The van der Waals surface area contributed by atoms with Crippen molar-refractivity contribution < 1.29 is 0 Å². The summed E-state index contributed by atoms with van der Waals surface area (Å²) in [6.07, 6.45) is 0. The minimum atomic E-state index is 0.118. The van der Waals surface area contributed by atoms with E-state index in [0.717, 1.165) is 6.54 Å². The van der Waals surface area contributed by atoms with Gasteiger partial charge in [0.25, 0.3) is 0 Å². The fourth-order valence-electron chi connectivity index (χ4n) is 2.14. The topological polar surface area (TPSA) is 38.0 Å². The molecule has 3 N–H and O–H groups in total. The molecule has 0 bridgehead atoms. The quantitative estimate of drug-likeness (QED) is 0.800. The molecule has 0 aromatic heterocycles. The van der Waals surface area contributed by atoms with Gasteiger partial charge in [-0.05, 0) is 37.9 Å². The van der Waals surface area contributed by atoms with Gasteiger partial charge in [0, 0.05) is 6.04 Å². The van der Waals surface area contributed by atoms with E-state index in [4.69, 9.17) is 5.73 Å². The van der Waals surface area contributed by atoms with E-state index in [1.165, 1.54) is 11.1 Å². The fraction of sp³-hybridized carbons (Fsp3) is 0.571. The van der Waals surface area contributed by atoms with Crippen LogP contribution in [0.4, 0.5) is 0 Å². The highest BCUT2D eigenvalue weighted by Gasteiger charge is 2.21. The molecule has 0 aliphatic heterocycles. The van der Waals surface area contributed by atoms with Gasteiger partial charge in [0.2, 0.25) is 0 Å². The van der Waals surface area contributed by atoms with Crippen LogP contribution in [-0.4, -0.2) is 13.6 Å². The van der Waals surface area contributed by atoms with Gasteiger partial charge in [-0.1, -0.05) is 43.7 Å². The second kappa shape index (κ2) is 6.02. The van der Waals surface area contributed by atoms with E-state index in [1.54, 1.807) is 0 Å². The number of hydrogen-bond donors (Lipinski definition) is 2. The molecule has 0 saturated heterocycles. The number of hydrogen-bond acceptors (Lipinski definition) is 2. The lowest BCUT2D eigenvalue weighted by Gasteiger charge is -2.27. The number of nitrogens with two attached hydrogens (primary N) is 1. The number of benzene rings is 1. The maximum atomic E-state index is 6.36. The molecule has 16 heavy (non-hydrogen) atoms. The van der Waals surface area contributed by atoms with Gasteiger partial charge in [-0.2, -0.15) is 0 Å². The Labute approximate surface area is 99.2 Å². The molecular weight excluding hydrogens is 196 g/mol. The first kappa shape index (κ1) is 13.2. The van der Waals surface area contributed by atoms with Crippen molar-refractivity contribution in [3.63, 3.8) is 0 Å². The molecule has 0 aliphatic carbocycles. The van der Waals surface area contributed by atoms with E-state index in [1.807, 2.05) is 7.05 Å². The summed E-state index contributed by atoms with van der Waals surface area (Å²) in [5, 5.41) is 3.23. The van der Waals surface area contributed by atoms with Crippen LogP contribution in [0.5, 0.6) is 0 Å². The molecule has 0 aliphatic rings. The predicted molar refractivity (Wildman–Crippen MR) is 70.4 cm³/mol. The van der Waals surface area contributed by atoms with E-state index in [9.17, 15) is 0 Å². The smallest absolute Gasteiger partial charge is 0.0338 e. The van der Waals surface area contributed by atoms with E-state index in [2.05, 4.69) is 50.4 Å². The molecule has 0 heterocycles. The van der Waals surface area contributed by atoms with Crippen molar-refractivity contribution in [1.29, 1.82) is 0 Å². The zero-order valence-electron chi connectivity index (χ0n) is 10.8. The van der Waals surface area contributed by atoms with Crippen molar-refractivity contribution in [2.45, 2.75) is 26.8 Å². The highest BCUT2D eigenvalue weighted by atomic mass is 14.8. The summed E-state index contributed by atoms with van der Waals surface area (Å²) in [4.78, 5) is 0. The van der Waals surface area contributed by atoms with Crippen molar-refractivity contribution >= 4 is 0 Å². The number of aryl methyl sites for hydroxylation is 1. The van der Waals surface area contributed by atoms with Gasteiger partial charge in [0.1, 0.15) is 0 Å². The third-order valence-electron chi connectivity index (χ3n) is 3.18. The molecule has 2 nitrogen and oxygen atoms in total. The Morgan fingerprint density at radius 2 is 2.00 bits per heavy atom. The maximum Gasteiger partial charge on any atom is 0.0338 e. The molecule has 2 atom stereocenters. The van der Waals surface area contributed by atoms with E-state index in [0.29, 0.717) is 11.8 Å². The van der Waals surface area contributed by atoms with E-state index < -0.39 is 0 Å². The van der Waals surface area contributed by atoms with Crippen LogP contribution in [-0.2, 0) is 0 Å². The summed E-state index contributed by atoms with van der Waals surface area (Å²) >= 11 is 0. The highest BCUT2D eigenvalue weighted by Crippen LogP contribution is 2.25. The number of nitrogens with one attached hydrogen (secondary N) is 1. The SMILES string of the molecule is CNCC(C(C)C)C(N)c1cccc(C)c1. The van der Waals surface area contributed by atoms with Crippen LogP contribution in [0.1, 0.15) is 31.0 Å². The lowest BCUT2D eigenvalue weighted by molar-refractivity contribution is 0.314. The molecule has 0 spiro atoms. The van der Waals surface area contributed by atoms with Crippen molar-refractivity contribution in [3.8, 4) is 0 Å². The van der Waals surface area contributed by atoms with Crippen LogP contribution in [0.3, 0.4) is 0 Å². The summed E-state index contributed by atoms with van der Waals surface area (Å²) < 4.78 is 0. The largest absolute Gasteiger partial charge is 0.324 e. The lowest BCUT2D eigenvalue weighted by atomic mass is 9.84. The summed E-state index contributed by atoms with van der Waals surface area (Å²) in [7, 11) is 1.98. The van der Waals surface area contributed by atoms with Crippen molar-refractivity contribution in [1.82, 2.24) is 5.32 Å². The van der Waals surface area contributed by atoms with Gasteiger partial charge in [-0.3, -0.25) is 0 Å². The van der Waals surface area contributed by atoms with Crippen molar-refractivity contribution in [2.75, 3.05) is 13.6 Å². The zero-order chi connectivity index (χ0) is 12.1. The van der Waals surface area contributed by atoms with Gasteiger partial charge in [0.15, 0.2) is 0 Å². The Bertz CT molecular complexity index is 320. The molecule has 1 rings (SSSR count). The van der Waals surface area contributed by atoms with Gasteiger partial charge in [-0.15, -0.1) is 0 Å². The molecule has 0 amide bonds. The molecule has 1 aromatic carbocycles. The van der Waals surface area contributed by atoms with Crippen LogP contribution in [0, 0.1) is 18.8 Å². The highest BCUT2D eigenvalue weighted by molar-refractivity contribution is 5.25. The van der Waals surface area contributed by atoms with Gasteiger partial charge >= 0.3 is 0 Å². The molecule has 1 aromatic rings. The van der Waals surface area contributed by atoms with Crippen LogP contribution in [0.15, 0.2) is 24.3 Å². The van der Waals surface area contributed by atoms with Crippen LogP contribution < -0.4 is 11.1 Å². The maximum absolute atomic E-state index is 6.36. The second-order valence-electron chi connectivity index (χ2n) is 4.91. The normalized spacial score (nSPS) is 15.1. The Morgan fingerprint density at radius 3 is 2.50 bits per heavy atom. The van der Waals surface area contributed by atoms with Crippen LogP contribution in [0.25, 0.3) is 0 Å². The Morgan fingerprint density at radius 1 is 1.31 bits per heavy atom. The average Bonchev–Trinajstić information content (AvgIpc) is 2.24. The van der Waals surface area contributed by atoms with Gasteiger partial charge in [0.05, 0.1) is 0 Å². The first-order valence-corrected chi connectivity index (χ1v) is 6.03. The Kier molecular flexibility index (Phi) is 4.97. The molecule has 0 saturated carbocycles. The van der Waals surface area contributed by atoms with Crippen LogP contribution in [0.2, 0.25) is 0 Å². The summed E-state index contributed by atoms with van der Waals surface area (Å²) in [5.41, 5.74) is 8.88. The third-order valence-corrected chi connectivity index (χ3v) is 3.18. The Hall–Kier alpha value is -0.860. The zero-order valence-corrected chi connectivity index (χ0v) is 10.8. The first-order chi connectivity index (χ1) is 7.56. The van der Waals surface area contributed by atoms with Gasteiger partial charge in [-0.25, -0.2) is 0 Å². The monoisotopic (exact) mass is 220 g/mol. The molecular formula is C14H24N2. The van der Waals surface area contributed by atoms with E-state index in [-0.39, 0.29) is 6.04 Å². The van der Waals surface area contributed by atoms with Crippen LogP contribution >= 0.6 is 0 Å². The lowest BCUT2D eigenvalue weighted by Crippen LogP contribution is -2.33. The van der Waals surface area contributed by atoms with Gasteiger partial charge < -0.3 is 11.1 Å². The van der Waals surface area contributed by atoms with E-state index >= 15 is 0 Å². The predicted octanol–water partition coefficient (Wildman–Crippen LogP) is 2.49. The standard InChI is InChI=1S/C14H24N2/c1-10(2)13(9-16-4)14(15)12-7-5-6-11(3)8-12/h5-8,10,13-14,16H,9,15H2,1-4H3. The molecule has 2 unspecified atom stereocenters.